The number of carbonyl (C=O) groups excluding carboxylic acids is 1. The number of aliphatic hydroxyl groups is 1. The van der Waals surface area contributed by atoms with Gasteiger partial charge in [0.2, 0.25) is 0 Å². The molecule has 122 valence electrons. The lowest BCUT2D eigenvalue weighted by molar-refractivity contribution is 0.183. The van der Waals surface area contributed by atoms with Crippen LogP contribution in [0.15, 0.2) is 54.6 Å². The van der Waals surface area contributed by atoms with Gasteiger partial charge in [0.15, 0.2) is 0 Å². The molecule has 0 aliphatic rings. The molecule has 0 fully saturated rings. The number of hydrogen-bond acceptors (Lipinski definition) is 3. The Morgan fingerprint density at radius 1 is 1.09 bits per heavy atom. The number of aliphatic hydroxyl groups excluding tert-OH is 1. The molecule has 2 aromatic carbocycles. The maximum absolute atomic E-state index is 11.6. The van der Waals surface area contributed by atoms with Crippen LogP contribution in [-0.4, -0.2) is 23.8 Å². The fraction of sp³-hybridized carbons (Fsp3) is 0.278. The smallest absolute Gasteiger partial charge is 0.315 e. The number of amides is 2. The molecule has 0 saturated heterocycles. The molecule has 1 atom stereocenters. The van der Waals surface area contributed by atoms with Crippen molar-refractivity contribution in [1.29, 1.82) is 0 Å². The second kappa shape index (κ2) is 8.80. The van der Waals surface area contributed by atoms with Crippen molar-refractivity contribution in [3.8, 4) is 11.5 Å². The Kier molecular flexibility index (Phi) is 6.44. The van der Waals surface area contributed by atoms with Crippen molar-refractivity contribution in [3.63, 3.8) is 0 Å². The molecule has 0 aromatic heterocycles. The van der Waals surface area contributed by atoms with Gasteiger partial charge in [-0.1, -0.05) is 30.3 Å². The Morgan fingerprint density at radius 2 is 1.83 bits per heavy atom. The average Bonchev–Trinajstić information content (AvgIpc) is 2.54. The Labute approximate surface area is 136 Å². The molecule has 2 aromatic rings. The zero-order valence-electron chi connectivity index (χ0n) is 13.2. The summed E-state index contributed by atoms with van der Waals surface area (Å²) in [7, 11) is 0. The van der Waals surface area contributed by atoms with Gasteiger partial charge in [-0.15, -0.1) is 0 Å². The lowest BCUT2D eigenvalue weighted by atomic mass is 10.2. The van der Waals surface area contributed by atoms with Crippen molar-refractivity contribution in [2.75, 3.05) is 6.54 Å². The quantitative estimate of drug-likeness (QED) is 0.735. The highest BCUT2D eigenvalue weighted by Crippen LogP contribution is 2.21. The van der Waals surface area contributed by atoms with Crippen molar-refractivity contribution in [1.82, 2.24) is 10.6 Å². The van der Waals surface area contributed by atoms with E-state index in [0.717, 1.165) is 17.1 Å². The maximum Gasteiger partial charge on any atom is 0.315 e. The molecule has 1 unspecified atom stereocenters. The van der Waals surface area contributed by atoms with Gasteiger partial charge in [-0.3, -0.25) is 0 Å². The van der Waals surface area contributed by atoms with Crippen LogP contribution in [0.2, 0.25) is 0 Å². The fourth-order valence-electron chi connectivity index (χ4n) is 1.98. The molecule has 2 amide bonds. The standard InChI is InChI=1S/C18H22N2O3/c1-14(21)10-11-19-18(22)20-13-15-6-5-9-17(12-15)23-16-7-3-2-4-8-16/h2-9,12,14,21H,10-11,13H2,1H3,(H2,19,20,22). The normalized spacial score (nSPS) is 11.6. The van der Waals surface area contributed by atoms with Gasteiger partial charge >= 0.3 is 6.03 Å². The van der Waals surface area contributed by atoms with Gasteiger partial charge < -0.3 is 20.5 Å². The van der Waals surface area contributed by atoms with Crippen molar-refractivity contribution in [3.05, 3.63) is 60.2 Å². The highest BCUT2D eigenvalue weighted by molar-refractivity contribution is 5.73. The number of rotatable bonds is 7. The van der Waals surface area contributed by atoms with E-state index in [-0.39, 0.29) is 6.03 Å². The second-order valence-electron chi connectivity index (χ2n) is 5.31. The number of hydrogen-bond donors (Lipinski definition) is 3. The highest BCUT2D eigenvalue weighted by atomic mass is 16.5. The first-order valence-electron chi connectivity index (χ1n) is 7.65. The monoisotopic (exact) mass is 314 g/mol. The first-order chi connectivity index (χ1) is 11.1. The number of para-hydroxylation sites is 1. The molecule has 0 saturated carbocycles. The minimum absolute atomic E-state index is 0.250. The van der Waals surface area contributed by atoms with Gasteiger partial charge in [0, 0.05) is 13.1 Å². The number of nitrogens with one attached hydrogen (secondary N) is 2. The third-order valence-corrected chi connectivity index (χ3v) is 3.18. The first kappa shape index (κ1) is 16.8. The lowest BCUT2D eigenvalue weighted by Crippen LogP contribution is -2.36. The molecule has 2 rings (SSSR count). The van der Waals surface area contributed by atoms with Crippen LogP contribution in [0.5, 0.6) is 11.5 Å². The van der Waals surface area contributed by atoms with E-state index in [1.165, 1.54) is 0 Å². The summed E-state index contributed by atoms with van der Waals surface area (Å²) >= 11 is 0. The van der Waals surface area contributed by atoms with Gasteiger partial charge in [0.1, 0.15) is 11.5 Å². The molecule has 0 radical (unpaired) electrons. The van der Waals surface area contributed by atoms with E-state index in [1.807, 2.05) is 54.6 Å². The number of ether oxygens (including phenoxy) is 1. The summed E-state index contributed by atoms with van der Waals surface area (Å²) < 4.78 is 5.76. The van der Waals surface area contributed by atoms with E-state index in [9.17, 15) is 4.79 Å². The van der Waals surface area contributed by atoms with Crippen molar-refractivity contribution >= 4 is 6.03 Å². The third-order valence-electron chi connectivity index (χ3n) is 3.18. The van der Waals surface area contributed by atoms with Crippen molar-refractivity contribution in [2.24, 2.45) is 0 Å². The predicted octanol–water partition coefficient (Wildman–Crippen LogP) is 3.05. The zero-order chi connectivity index (χ0) is 16.5. The van der Waals surface area contributed by atoms with Crippen LogP contribution in [-0.2, 0) is 6.54 Å². The molecule has 3 N–H and O–H groups in total. The molecule has 5 heteroatoms. The predicted molar refractivity (Wildman–Crippen MR) is 89.5 cm³/mol. The van der Waals surface area contributed by atoms with E-state index < -0.39 is 6.10 Å². The second-order valence-corrected chi connectivity index (χ2v) is 5.31. The zero-order valence-corrected chi connectivity index (χ0v) is 13.2. The largest absolute Gasteiger partial charge is 0.457 e. The maximum atomic E-state index is 11.6. The Bertz CT molecular complexity index is 615. The average molecular weight is 314 g/mol. The molecular weight excluding hydrogens is 292 g/mol. The minimum atomic E-state index is -0.415. The topological polar surface area (TPSA) is 70.6 Å². The summed E-state index contributed by atoms with van der Waals surface area (Å²) in [6.07, 6.45) is 0.121. The van der Waals surface area contributed by atoms with Crippen LogP contribution in [0.3, 0.4) is 0 Å². The molecule has 0 spiro atoms. The number of urea groups is 1. The van der Waals surface area contributed by atoms with Gasteiger partial charge in [0.05, 0.1) is 6.10 Å². The summed E-state index contributed by atoms with van der Waals surface area (Å²) in [5, 5.41) is 14.6. The number of carbonyl (C=O) groups is 1. The Balaban J connectivity index is 1.82. The van der Waals surface area contributed by atoms with Crippen LogP contribution in [0, 0.1) is 0 Å². The van der Waals surface area contributed by atoms with Crippen LogP contribution in [0.4, 0.5) is 4.79 Å². The van der Waals surface area contributed by atoms with E-state index >= 15 is 0 Å². The summed E-state index contributed by atoms with van der Waals surface area (Å²) in [6.45, 7) is 2.55. The van der Waals surface area contributed by atoms with Crippen LogP contribution >= 0.6 is 0 Å². The third kappa shape index (κ3) is 6.40. The van der Waals surface area contributed by atoms with E-state index in [1.54, 1.807) is 6.92 Å². The molecule has 0 bridgehead atoms. The van der Waals surface area contributed by atoms with Crippen molar-refractivity contribution < 1.29 is 14.6 Å². The summed E-state index contributed by atoms with van der Waals surface area (Å²) in [4.78, 5) is 11.6. The SMILES string of the molecule is CC(O)CCNC(=O)NCc1cccc(Oc2ccccc2)c1. The van der Waals surface area contributed by atoms with Crippen LogP contribution in [0.25, 0.3) is 0 Å². The van der Waals surface area contributed by atoms with Gasteiger partial charge in [0.25, 0.3) is 0 Å². The fourth-order valence-corrected chi connectivity index (χ4v) is 1.98. The molecule has 23 heavy (non-hydrogen) atoms. The Morgan fingerprint density at radius 3 is 2.57 bits per heavy atom. The highest BCUT2D eigenvalue weighted by Gasteiger charge is 2.03. The Hall–Kier alpha value is -2.53. The summed E-state index contributed by atoms with van der Waals surface area (Å²) in [5.41, 5.74) is 0.948. The van der Waals surface area contributed by atoms with E-state index in [0.29, 0.717) is 19.5 Å². The molecule has 0 aliphatic heterocycles. The van der Waals surface area contributed by atoms with Gasteiger partial charge in [-0.25, -0.2) is 4.79 Å². The molecule has 0 aliphatic carbocycles. The van der Waals surface area contributed by atoms with E-state index in [2.05, 4.69) is 10.6 Å². The first-order valence-corrected chi connectivity index (χ1v) is 7.65. The molecule has 5 nitrogen and oxygen atoms in total. The summed E-state index contributed by atoms with van der Waals surface area (Å²) in [5.74, 6) is 1.50. The van der Waals surface area contributed by atoms with Gasteiger partial charge in [-0.05, 0) is 43.2 Å². The minimum Gasteiger partial charge on any atom is -0.457 e. The summed E-state index contributed by atoms with van der Waals surface area (Å²) in [6, 6.07) is 16.9. The number of benzene rings is 2. The van der Waals surface area contributed by atoms with Crippen LogP contribution < -0.4 is 15.4 Å². The van der Waals surface area contributed by atoms with Crippen molar-refractivity contribution in [2.45, 2.75) is 26.0 Å². The van der Waals surface area contributed by atoms with Crippen LogP contribution in [0.1, 0.15) is 18.9 Å². The lowest BCUT2D eigenvalue weighted by Gasteiger charge is -2.10. The molecular formula is C18H22N2O3. The van der Waals surface area contributed by atoms with E-state index in [4.69, 9.17) is 9.84 Å². The molecule has 0 heterocycles. The van der Waals surface area contributed by atoms with Gasteiger partial charge in [-0.2, -0.15) is 0 Å².